The van der Waals surface area contributed by atoms with Crippen LogP contribution in [0.5, 0.6) is 0 Å². The molecule has 6 nitrogen and oxygen atoms in total. The van der Waals surface area contributed by atoms with Crippen LogP contribution in [0, 0.1) is 0 Å². The number of amides is 1. The van der Waals surface area contributed by atoms with Gasteiger partial charge in [-0.05, 0) is 26.8 Å². The van der Waals surface area contributed by atoms with E-state index in [2.05, 4.69) is 20.8 Å². The van der Waals surface area contributed by atoms with Crippen molar-refractivity contribution in [2.75, 3.05) is 19.7 Å². The Hall–Kier alpha value is -1.82. The number of carboxylic acids is 1. The summed E-state index contributed by atoms with van der Waals surface area (Å²) >= 11 is 0. The first-order valence-electron chi connectivity index (χ1n) is 6.61. The first-order valence-corrected chi connectivity index (χ1v) is 6.61. The summed E-state index contributed by atoms with van der Waals surface area (Å²) in [6, 6.07) is 1.76. The minimum atomic E-state index is -1.03. The predicted octanol–water partition coefficient (Wildman–Crippen LogP) is 1.17. The second-order valence-corrected chi connectivity index (χ2v) is 5.93. The summed E-state index contributed by atoms with van der Waals surface area (Å²) in [6.07, 6.45) is 2.73. The molecule has 0 spiro atoms. The van der Waals surface area contributed by atoms with E-state index in [1.807, 2.05) is 10.8 Å². The fourth-order valence-electron chi connectivity index (χ4n) is 2.11. The lowest BCUT2D eigenvalue weighted by Gasteiger charge is -2.30. The van der Waals surface area contributed by atoms with Gasteiger partial charge in [-0.15, -0.1) is 0 Å². The van der Waals surface area contributed by atoms with Gasteiger partial charge in [-0.1, -0.05) is 0 Å². The molecule has 1 fully saturated rings. The summed E-state index contributed by atoms with van der Waals surface area (Å²) < 4.78 is 7.08. The van der Waals surface area contributed by atoms with E-state index in [9.17, 15) is 9.59 Å². The van der Waals surface area contributed by atoms with Gasteiger partial charge in [0, 0.05) is 24.5 Å². The number of carboxylic acid groups (broad SMARTS) is 1. The maximum atomic E-state index is 12.4. The van der Waals surface area contributed by atoms with Crippen LogP contribution in [0.15, 0.2) is 18.5 Å². The van der Waals surface area contributed by atoms with Crippen molar-refractivity contribution in [2.45, 2.75) is 32.4 Å². The van der Waals surface area contributed by atoms with E-state index in [4.69, 9.17) is 9.84 Å². The number of aromatic nitrogens is 1. The summed E-state index contributed by atoms with van der Waals surface area (Å²) in [5.41, 5.74) is 0.485. The Morgan fingerprint density at radius 1 is 1.40 bits per heavy atom. The van der Waals surface area contributed by atoms with Crippen molar-refractivity contribution >= 4 is 11.9 Å². The first kappa shape index (κ1) is 14.6. The van der Waals surface area contributed by atoms with Gasteiger partial charge in [0.2, 0.25) is 0 Å². The zero-order valence-corrected chi connectivity index (χ0v) is 12.0. The van der Waals surface area contributed by atoms with Gasteiger partial charge in [0.15, 0.2) is 6.10 Å². The number of carbonyl (C=O) groups excluding carboxylic acids is 1. The van der Waals surface area contributed by atoms with Crippen molar-refractivity contribution in [3.63, 3.8) is 0 Å². The highest BCUT2D eigenvalue weighted by Gasteiger charge is 2.30. The minimum Gasteiger partial charge on any atom is -0.479 e. The molecule has 0 radical (unpaired) electrons. The Bertz CT molecular complexity index is 515. The number of rotatable bonds is 2. The summed E-state index contributed by atoms with van der Waals surface area (Å²) in [5.74, 6) is -1.18. The molecule has 1 aliphatic heterocycles. The van der Waals surface area contributed by atoms with Crippen LogP contribution in [0.1, 0.15) is 31.1 Å². The lowest BCUT2D eigenvalue weighted by molar-refractivity contribution is -0.154. The largest absolute Gasteiger partial charge is 0.479 e. The molecule has 0 saturated carbocycles. The number of morpholine rings is 1. The van der Waals surface area contributed by atoms with Crippen molar-refractivity contribution < 1.29 is 19.4 Å². The van der Waals surface area contributed by atoms with E-state index < -0.39 is 12.1 Å². The van der Waals surface area contributed by atoms with Gasteiger partial charge in [-0.25, -0.2) is 4.79 Å². The van der Waals surface area contributed by atoms with E-state index >= 15 is 0 Å². The van der Waals surface area contributed by atoms with Crippen LogP contribution in [0.2, 0.25) is 0 Å². The van der Waals surface area contributed by atoms with Gasteiger partial charge in [0.05, 0.1) is 18.7 Å². The average molecular weight is 280 g/mol. The zero-order valence-electron chi connectivity index (χ0n) is 12.0. The number of hydrogen-bond acceptors (Lipinski definition) is 3. The molecule has 1 amide bonds. The second-order valence-electron chi connectivity index (χ2n) is 5.93. The van der Waals surface area contributed by atoms with E-state index in [0.717, 1.165) is 0 Å². The van der Waals surface area contributed by atoms with Crippen LogP contribution in [0.3, 0.4) is 0 Å². The van der Waals surface area contributed by atoms with Gasteiger partial charge >= 0.3 is 5.97 Å². The molecule has 1 saturated heterocycles. The third-order valence-corrected chi connectivity index (χ3v) is 3.34. The molecule has 1 aromatic heterocycles. The van der Waals surface area contributed by atoms with Gasteiger partial charge in [-0.3, -0.25) is 4.79 Å². The van der Waals surface area contributed by atoms with Crippen LogP contribution in [0.4, 0.5) is 0 Å². The van der Waals surface area contributed by atoms with Gasteiger partial charge in [0.1, 0.15) is 0 Å². The van der Waals surface area contributed by atoms with E-state index in [1.54, 1.807) is 12.3 Å². The molecule has 2 heterocycles. The molecular formula is C14H20N2O4. The van der Waals surface area contributed by atoms with Crippen LogP contribution < -0.4 is 0 Å². The van der Waals surface area contributed by atoms with Gasteiger partial charge in [0.25, 0.3) is 5.91 Å². The highest BCUT2D eigenvalue weighted by Crippen LogP contribution is 2.17. The molecule has 20 heavy (non-hydrogen) atoms. The number of hydrogen-bond donors (Lipinski definition) is 1. The standard InChI is InChI=1S/C14H20N2O4/c1-14(2,3)16-5-4-10(8-16)12(17)15-6-7-20-11(9-15)13(18)19/h4-5,8,11H,6-7,9H2,1-3H3,(H,18,19)/t11-/m1/s1. The highest BCUT2D eigenvalue weighted by molar-refractivity contribution is 5.94. The molecule has 2 rings (SSSR count). The van der Waals surface area contributed by atoms with E-state index in [0.29, 0.717) is 12.1 Å². The quantitative estimate of drug-likeness (QED) is 0.882. The topological polar surface area (TPSA) is 71.8 Å². The summed E-state index contributed by atoms with van der Waals surface area (Å²) in [4.78, 5) is 24.8. The second kappa shape index (κ2) is 5.28. The van der Waals surface area contributed by atoms with E-state index in [-0.39, 0.29) is 24.6 Å². The minimum absolute atomic E-state index is 0.0901. The third kappa shape index (κ3) is 3.01. The number of ether oxygens (including phenoxy) is 1. The lowest BCUT2D eigenvalue weighted by atomic mass is 10.1. The molecular weight excluding hydrogens is 260 g/mol. The molecule has 0 aliphatic carbocycles. The molecule has 0 aromatic carbocycles. The van der Waals surface area contributed by atoms with Gasteiger partial charge in [-0.2, -0.15) is 0 Å². The van der Waals surface area contributed by atoms with Crippen molar-refractivity contribution in [3.8, 4) is 0 Å². The van der Waals surface area contributed by atoms with E-state index in [1.165, 1.54) is 4.90 Å². The molecule has 1 aromatic rings. The summed E-state index contributed by atoms with van der Waals surface area (Å²) in [5, 5.41) is 8.95. The molecule has 6 heteroatoms. The van der Waals surface area contributed by atoms with Gasteiger partial charge < -0.3 is 19.3 Å². The van der Waals surface area contributed by atoms with Crippen molar-refractivity contribution in [1.82, 2.24) is 9.47 Å². The predicted molar refractivity (Wildman–Crippen MR) is 72.7 cm³/mol. The summed E-state index contributed by atoms with van der Waals surface area (Å²) in [6.45, 7) is 6.92. The normalized spacial score (nSPS) is 19.9. The van der Waals surface area contributed by atoms with Crippen molar-refractivity contribution in [1.29, 1.82) is 0 Å². The summed E-state index contributed by atoms with van der Waals surface area (Å²) in [7, 11) is 0. The number of carbonyl (C=O) groups is 2. The SMILES string of the molecule is CC(C)(C)n1ccc(C(=O)N2CCO[C@@H](C(=O)O)C2)c1. The molecule has 1 aliphatic rings. The number of aliphatic carboxylic acids is 1. The number of nitrogens with zero attached hydrogens (tertiary/aromatic N) is 2. The Labute approximate surface area is 117 Å². The fraction of sp³-hybridized carbons (Fsp3) is 0.571. The lowest BCUT2D eigenvalue weighted by Crippen LogP contribution is -2.48. The Morgan fingerprint density at radius 3 is 2.65 bits per heavy atom. The highest BCUT2D eigenvalue weighted by atomic mass is 16.5. The van der Waals surface area contributed by atoms with Crippen molar-refractivity contribution in [2.24, 2.45) is 0 Å². The monoisotopic (exact) mass is 280 g/mol. The first-order chi connectivity index (χ1) is 9.29. The molecule has 110 valence electrons. The van der Waals surface area contributed by atoms with Crippen LogP contribution >= 0.6 is 0 Å². The smallest absolute Gasteiger partial charge is 0.334 e. The maximum absolute atomic E-state index is 12.4. The molecule has 0 unspecified atom stereocenters. The Kier molecular flexibility index (Phi) is 3.85. The Morgan fingerprint density at radius 2 is 2.10 bits per heavy atom. The van der Waals surface area contributed by atoms with Crippen molar-refractivity contribution in [3.05, 3.63) is 24.0 Å². The maximum Gasteiger partial charge on any atom is 0.334 e. The molecule has 1 atom stereocenters. The zero-order chi connectivity index (χ0) is 14.9. The Balaban J connectivity index is 2.11. The average Bonchev–Trinajstić information content (AvgIpc) is 2.87. The van der Waals surface area contributed by atoms with Crippen LogP contribution in [-0.2, 0) is 15.1 Å². The molecule has 1 N–H and O–H groups in total. The van der Waals surface area contributed by atoms with Crippen LogP contribution in [-0.4, -0.2) is 52.3 Å². The fourth-order valence-corrected chi connectivity index (χ4v) is 2.11. The molecule has 0 bridgehead atoms. The third-order valence-electron chi connectivity index (χ3n) is 3.34. The van der Waals surface area contributed by atoms with Crippen LogP contribution in [0.25, 0.3) is 0 Å².